The van der Waals surface area contributed by atoms with Crippen molar-refractivity contribution >= 4 is 46.9 Å². The molecule has 0 aliphatic heterocycles. The molecule has 1 aromatic carbocycles. The Hall–Kier alpha value is -1.62. The third-order valence-corrected chi connectivity index (χ3v) is 3.23. The van der Waals surface area contributed by atoms with Gasteiger partial charge in [0, 0.05) is 11.8 Å². The molecule has 0 saturated carbocycles. The largest absolute Gasteiger partial charge is 0.272 e. The van der Waals surface area contributed by atoms with Crippen LogP contribution in [0.2, 0.25) is 15.2 Å². The minimum atomic E-state index is -0.409. The smallest absolute Gasteiger partial charge is 0.267 e. The highest BCUT2D eigenvalue weighted by molar-refractivity contribution is 6.38. The van der Waals surface area contributed by atoms with Crippen molar-refractivity contribution in [3.05, 3.63) is 62.9 Å². The van der Waals surface area contributed by atoms with Crippen LogP contribution in [0.25, 0.3) is 0 Å². The van der Waals surface area contributed by atoms with Crippen LogP contribution in [-0.4, -0.2) is 17.1 Å². The number of amides is 1. The normalized spacial score (nSPS) is 10.8. The van der Waals surface area contributed by atoms with Crippen LogP contribution >= 0.6 is 34.8 Å². The monoisotopic (exact) mass is 327 g/mol. The maximum absolute atomic E-state index is 11.7. The average Bonchev–Trinajstić information content (AvgIpc) is 2.42. The first-order valence-corrected chi connectivity index (χ1v) is 6.60. The van der Waals surface area contributed by atoms with Gasteiger partial charge in [0.2, 0.25) is 0 Å². The van der Waals surface area contributed by atoms with Gasteiger partial charge in [0.05, 0.1) is 21.8 Å². The Morgan fingerprint density at radius 3 is 2.45 bits per heavy atom. The summed E-state index contributed by atoms with van der Waals surface area (Å²) in [6, 6.07) is 8.15. The number of aromatic nitrogens is 1. The molecule has 0 spiro atoms. The maximum Gasteiger partial charge on any atom is 0.272 e. The maximum atomic E-state index is 11.7. The van der Waals surface area contributed by atoms with E-state index >= 15 is 0 Å². The second-order valence-corrected chi connectivity index (χ2v) is 4.91. The minimum Gasteiger partial charge on any atom is -0.267 e. The molecular weight excluding hydrogens is 321 g/mol. The van der Waals surface area contributed by atoms with E-state index in [0.717, 1.165) is 0 Å². The number of carbonyl (C=O) groups is 1. The van der Waals surface area contributed by atoms with E-state index in [4.69, 9.17) is 34.8 Å². The predicted octanol–water partition coefficient (Wildman–Crippen LogP) is 3.81. The molecule has 20 heavy (non-hydrogen) atoms. The fourth-order valence-electron chi connectivity index (χ4n) is 1.36. The van der Waals surface area contributed by atoms with Gasteiger partial charge in [0.25, 0.3) is 5.91 Å². The first-order chi connectivity index (χ1) is 9.58. The summed E-state index contributed by atoms with van der Waals surface area (Å²) in [5, 5.41) is 5.02. The van der Waals surface area contributed by atoms with Gasteiger partial charge in [0.15, 0.2) is 0 Å². The number of benzene rings is 1. The molecule has 0 saturated heterocycles. The van der Waals surface area contributed by atoms with Crippen LogP contribution in [0, 0.1) is 0 Å². The molecule has 4 nitrogen and oxygen atoms in total. The van der Waals surface area contributed by atoms with E-state index in [-0.39, 0.29) is 0 Å². The molecule has 0 fully saturated rings. The van der Waals surface area contributed by atoms with Gasteiger partial charge >= 0.3 is 0 Å². The van der Waals surface area contributed by atoms with Crippen LogP contribution in [0.4, 0.5) is 0 Å². The summed E-state index contributed by atoms with van der Waals surface area (Å²) in [6.07, 6.45) is 2.74. The number of pyridine rings is 1. The van der Waals surface area contributed by atoms with Crippen molar-refractivity contribution in [2.75, 3.05) is 0 Å². The zero-order valence-electron chi connectivity index (χ0n) is 9.98. The third-order valence-electron chi connectivity index (χ3n) is 2.35. The molecule has 102 valence electrons. The lowest BCUT2D eigenvalue weighted by atomic mass is 10.2. The van der Waals surface area contributed by atoms with Gasteiger partial charge in [-0.15, -0.1) is 0 Å². The summed E-state index contributed by atoms with van der Waals surface area (Å²) < 4.78 is 0. The van der Waals surface area contributed by atoms with E-state index in [2.05, 4.69) is 15.5 Å². The molecule has 0 unspecified atom stereocenters. The molecule has 0 aliphatic carbocycles. The molecule has 1 N–H and O–H groups in total. The van der Waals surface area contributed by atoms with E-state index in [9.17, 15) is 4.79 Å². The van der Waals surface area contributed by atoms with Crippen LogP contribution in [-0.2, 0) is 0 Å². The highest BCUT2D eigenvalue weighted by Crippen LogP contribution is 2.21. The molecule has 1 heterocycles. The zero-order chi connectivity index (χ0) is 14.5. The standard InChI is InChI=1S/C13H8Cl3N3O/c14-10-2-1-3-11(15)9(10)7-18-19-13(20)8-4-5-12(16)17-6-8/h1-7H,(H,19,20)/b18-7+. The van der Waals surface area contributed by atoms with Crippen molar-refractivity contribution in [1.82, 2.24) is 10.4 Å². The van der Waals surface area contributed by atoms with Crippen molar-refractivity contribution in [1.29, 1.82) is 0 Å². The van der Waals surface area contributed by atoms with Crippen molar-refractivity contribution in [3.63, 3.8) is 0 Å². The summed E-state index contributed by atoms with van der Waals surface area (Å²) in [7, 11) is 0. The molecule has 7 heteroatoms. The number of hydrogen-bond donors (Lipinski definition) is 1. The van der Waals surface area contributed by atoms with Crippen LogP contribution in [0.3, 0.4) is 0 Å². The summed E-state index contributed by atoms with van der Waals surface area (Å²) in [5.74, 6) is -0.409. The van der Waals surface area contributed by atoms with Crippen molar-refractivity contribution < 1.29 is 4.79 Å². The van der Waals surface area contributed by atoms with Gasteiger partial charge < -0.3 is 0 Å². The van der Waals surface area contributed by atoms with Gasteiger partial charge in [-0.2, -0.15) is 5.10 Å². The van der Waals surface area contributed by atoms with Crippen LogP contribution in [0.15, 0.2) is 41.6 Å². The van der Waals surface area contributed by atoms with Crippen molar-refractivity contribution in [2.45, 2.75) is 0 Å². The second kappa shape index (κ2) is 6.70. The SMILES string of the molecule is O=C(N/N=C/c1c(Cl)cccc1Cl)c1ccc(Cl)nc1. The average molecular weight is 329 g/mol. The lowest BCUT2D eigenvalue weighted by Crippen LogP contribution is -2.17. The summed E-state index contributed by atoms with van der Waals surface area (Å²) in [4.78, 5) is 15.5. The fourth-order valence-corrected chi connectivity index (χ4v) is 1.97. The molecule has 0 atom stereocenters. The van der Waals surface area contributed by atoms with Crippen molar-refractivity contribution in [3.8, 4) is 0 Å². The molecule has 0 radical (unpaired) electrons. The Morgan fingerprint density at radius 1 is 1.15 bits per heavy atom. The van der Waals surface area contributed by atoms with E-state index in [0.29, 0.717) is 26.3 Å². The molecule has 2 rings (SSSR count). The quantitative estimate of drug-likeness (QED) is 0.529. The van der Waals surface area contributed by atoms with E-state index in [1.165, 1.54) is 18.5 Å². The van der Waals surface area contributed by atoms with Crippen LogP contribution in [0.5, 0.6) is 0 Å². The highest BCUT2D eigenvalue weighted by atomic mass is 35.5. The molecule has 0 aliphatic rings. The van der Waals surface area contributed by atoms with E-state index in [1.807, 2.05) is 0 Å². The topological polar surface area (TPSA) is 54.4 Å². The first kappa shape index (κ1) is 14.8. The van der Waals surface area contributed by atoms with E-state index in [1.54, 1.807) is 24.3 Å². The summed E-state index contributed by atoms with van der Waals surface area (Å²) in [6.45, 7) is 0. The van der Waals surface area contributed by atoms with E-state index < -0.39 is 5.91 Å². The third kappa shape index (κ3) is 3.70. The molecule has 0 bridgehead atoms. The molecule has 2 aromatic rings. The number of hydrogen-bond acceptors (Lipinski definition) is 3. The van der Waals surface area contributed by atoms with Gasteiger partial charge in [-0.05, 0) is 24.3 Å². The lowest BCUT2D eigenvalue weighted by molar-refractivity contribution is 0.0955. The summed E-state index contributed by atoms with van der Waals surface area (Å²) in [5.41, 5.74) is 3.23. The molecular formula is C13H8Cl3N3O. The predicted molar refractivity (Wildman–Crippen MR) is 80.8 cm³/mol. The summed E-state index contributed by atoms with van der Waals surface area (Å²) >= 11 is 17.6. The Bertz CT molecular complexity index is 636. The Morgan fingerprint density at radius 2 is 1.85 bits per heavy atom. The van der Waals surface area contributed by atoms with Gasteiger partial charge in [0.1, 0.15) is 5.15 Å². The second-order valence-electron chi connectivity index (χ2n) is 3.70. The Labute approximate surface area is 130 Å². The van der Waals surface area contributed by atoms with Crippen LogP contribution in [0.1, 0.15) is 15.9 Å². The Balaban J connectivity index is 2.06. The first-order valence-electron chi connectivity index (χ1n) is 5.47. The molecule has 1 aromatic heterocycles. The highest BCUT2D eigenvalue weighted by Gasteiger charge is 2.05. The van der Waals surface area contributed by atoms with Gasteiger partial charge in [-0.3, -0.25) is 4.79 Å². The van der Waals surface area contributed by atoms with Gasteiger partial charge in [-0.25, -0.2) is 10.4 Å². The number of nitrogens with one attached hydrogen (secondary N) is 1. The minimum absolute atomic E-state index is 0.313. The number of rotatable bonds is 3. The lowest BCUT2D eigenvalue weighted by Gasteiger charge is -2.01. The fraction of sp³-hybridized carbons (Fsp3) is 0. The Kier molecular flexibility index (Phi) is 4.95. The number of carbonyl (C=O) groups excluding carboxylic acids is 1. The number of nitrogens with zero attached hydrogens (tertiary/aromatic N) is 2. The number of halogens is 3. The van der Waals surface area contributed by atoms with Crippen LogP contribution < -0.4 is 5.43 Å². The zero-order valence-corrected chi connectivity index (χ0v) is 12.2. The van der Waals surface area contributed by atoms with Gasteiger partial charge in [-0.1, -0.05) is 40.9 Å². The molecule has 1 amide bonds. The number of hydrazone groups is 1. The van der Waals surface area contributed by atoms with Crippen molar-refractivity contribution in [2.24, 2.45) is 5.10 Å².